The number of hydrogen-bond acceptors (Lipinski definition) is 3. The van der Waals surface area contributed by atoms with Crippen LogP contribution in [-0.4, -0.2) is 24.4 Å². The highest BCUT2D eigenvalue weighted by Gasteiger charge is 2.08. The van der Waals surface area contributed by atoms with Crippen LogP contribution in [0.15, 0.2) is 18.3 Å². The van der Waals surface area contributed by atoms with Crippen molar-refractivity contribution >= 4 is 12.1 Å². The third-order valence-electron chi connectivity index (χ3n) is 1.91. The Balaban J connectivity index is 3.03. The van der Waals surface area contributed by atoms with Crippen LogP contribution in [0, 0.1) is 12.3 Å². The smallest absolute Gasteiger partial charge is 0.153 e. The van der Waals surface area contributed by atoms with Crippen LogP contribution in [0.2, 0.25) is 0 Å². The number of anilines is 1. The molecule has 1 rings (SSSR count). The number of rotatable bonds is 4. The van der Waals surface area contributed by atoms with Crippen molar-refractivity contribution in [1.29, 1.82) is 0 Å². The number of carbonyl (C=O) groups is 1. The van der Waals surface area contributed by atoms with Gasteiger partial charge in [-0.3, -0.25) is 4.79 Å². The van der Waals surface area contributed by atoms with E-state index in [4.69, 9.17) is 6.42 Å². The van der Waals surface area contributed by atoms with Gasteiger partial charge in [-0.1, -0.05) is 5.92 Å². The molecule has 0 bridgehead atoms. The summed E-state index contributed by atoms with van der Waals surface area (Å²) in [4.78, 5) is 16.8. The number of carbonyl (C=O) groups excluding carboxylic acids is 1. The van der Waals surface area contributed by atoms with Gasteiger partial charge in [0.25, 0.3) is 0 Å². The van der Waals surface area contributed by atoms with Crippen LogP contribution in [0.3, 0.4) is 0 Å². The van der Waals surface area contributed by atoms with E-state index in [0.29, 0.717) is 17.9 Å². The van der Waals surface area contributed by atoms with Crippen LogP contribution < -0.4 is 4.90 Å². The van der Waals surface area contributed by atoms with E-state index in [1.165, 1.54) is 0 Å². The molecule has 0 aromatic carbocycles. The second-order valence-corrected chi connectivity index (χ2v) is 2.75. The monoisotopic (exact) mass is 188 g/mol. The first-order chi connectivity index (χ1) is 6.83. The molecule has 0 atom stereocenters. The first kappa shape index (κ1) is 10.3. The van der Waals surface area contributed by atoms with Crippen molar-refractivity contribution in [2.75, 3.05) is 18.0 Å². The van der Waals surface area contributed by atoms with Crippen molar-refractivity contribution in [3.8, 4) is 12.3 Å². The van der Waals surface area contributed by atoms with Gasteiger partial charge in [-0.15, -0.1) is 6.42 Å². The fourth-order valence-electron chi connectivity index (χ4n) is 1.21. The molecule has 0 N–H and O–H groups in total. The molecule has 3 nitrogen and oxygen atoms in total. The summed E-state index contributed by atoms with van der Waals surface area (Å²) in [7, 11) is 0. The van der Waals surface area contributed by atoms with E-state index < -0.39 is 0 Å². The Morgan fingerprint density at radius 1 is 1.71 bits per heavy atom. The minimum absolute atomic E-state index is 0.467. The Hall–Kier alpha value is -1.82. The topological polar surface area (TPSA) is 33.2 Å². The van der Waals surface area contributed by atoms with Crippen molar-refractivity contribution in [2.24, 2.45) is 0 Å². The van der Waals surface area contributed by atoms with Crippen LogP contribution in [0.25, 0.3) is 0 Å². The van der Waals surface area contributed by atoms with E-state index in [1.54, 1.807) is 18.3 Å². The van der Waals surface area contributed by atoms with Gasteiger partial charge in [-0.25, -0.2) is 4.98 Å². The van der Waals surface area contributed by atoms with E-state index in [1.807, 2.05) is 11.8 Å². The van der Waals surface area contributed by atoms with Crippen molar-refractivity contribution in [1.82, 2.24) is 4.98 Å². The second kappa shape index (κ2) is 5.03. The number of aromatic nitrogens is 1. The highest BCUT2D eigenvalue weighted by Crippen LogP contribution is 2.14. The number of aldehydes is 1. The Kier molecular flexibility index (Phi) is 3.69. The predicted molar refractivity (Wildman–Crippen MR) is 56.3 cm³/mol. The molecule has 72 valence electrons. The van der Waals surface area contributed by atoms with Gasteiger partial charge in [-0.2, -0.15) is 0 Å². The summed E-state index contributed by atoms with van der Waals surface area (Å²) in [5.74, 6) is 3.19. The van der Waals surface area contributed by atoms with Crippen LogP contribution in [0.4, 0.5) is 5.82 Å². The third kappa shape index (κ3) is 2.11. The maximum absolute atomic E-state index is 10.7. The maximum Gasteiger partial charge on any atom is 0.153 e. The minimum atomic E-state index is 0.467. The molecule has 0 radical (unpaired) electrons. The van der Waals surface area contributed by atoms with Gasteiger partial charge < -0.3 is 4.90 Å². The molecule has 0 spiro atoms. The van der Waals surface area contributed by atoms with Crippen molar-refractivity contribution < 1.29 is 4.79 Å². The second-order valence-electron chi connectivity index (χ2n) is 2.75. The zero-order valence-electron chi connectivity index (χ0n) is 8.10. The third-order valence-corrected chi connectivity index (χ3v) is 1.91. The highest BCUT2D eigenvalue weighted by atomic mass is 16.1. The Morgan fingerprint density at radius 3 is 3.07 bits per heavy atom. The average Bonchev–Trinajstić information content (AvgIpc) is 2.26. The molecule has 0 saturated heterocycles. The molecule has 3 heteroatoms. The Morgan fingerprint density at radius 2 is 2.50 bits per heavy atom. The lowest BCUT2D eigenvalue weighted by Crippen LogP contribution is -2.25. The summed E-state index contributed by atoms with van der Waals surface area (Å²) in [6.45, 7) is 3.18. The van der Waals surface area contributed by atoms with E-state index in [0.717, 1.165) is 12.8 Å². The van der Waals surface area contributed by atoms with Gasteiger partial charge in [0.05, 0.1) is 12.1 Å². The molecule has 1 heterocycles. The minimum Gasteiger partial charge on any atom is -0.345 e. The first-order valence-corrected chi connectivity index (χ1v) is 4.42. The van der Waals surface area contributed by atoms with Crippen molar-refractivity contribution in [3.63, 3.8) is 0 Å². The largest absolute Gasteiger partial charge is 0.345 e. The molecule has 0 unspecified atom stereocenters. The van der Waals surface area contributed by atoms with Gasteiger partial charge in [0.15, 0.2) is 6.29 Å². The summed E-state index contributed by atoms with van der Waals surface area (Å²) in [6, 6.07) is 3.46. The molecule has 1 aromatic rings. The summed E-state index contributed by atoms with van der Waals surface area (Å²) >= 11 is 0. The highest BCUT2D eigenvalue weighted by molar-refractivity contribution is 5.82. The molecular formula is C11H12N2O. The van der Waals surface area contributed by atoms with Gasteiger partial charge in [0, 0.05) is 12.7 Å². The molecule has 0 aliphatic rings. The molecule has 0 fully saturated rings. The fourth-order valence-corrected chi connectivity index (χ4v) is 1.21. The molecule has 0 aliphatic heterocycles. The van der Waals surface area contributed by atoms with Crippen LogP contribution >= 0.6 is 0 Å². The van der Waals surface area contributed by atoms with Gasteiger partial charge >= 0.3 is 0 Å². The van der Waals surface area contributed by atoms with E-state index in [-0.39, 0.29) is 0 Å². The lowest BCUT2D eigenvalue weighted by molar-refractivity contribution is 0.112. The Labute approximate surface area is 83.8 Å². The lowest BCUT2D eigenvalue weighted by atomic mass is 10.2. The first-order valence-electron chi connectivity index (χ1n) is 4.42. The molecule has 0 saturated carbocycles. The summed E-state index contributed by atoms with van der Waals surface area (Å²) in [5, 5.41) is 0. The van der Waals surface area contributed by atoms with E-state index in [2.05, 4.69) is 10.9 Å². The van der Waals surface area contributed by atoms with Crippen LogP contribution in [0.1, 0.15) is 17.3 Å². The summed E-state index contributed by atoms with van der Waals surface area (Å²) < 4.78 is 0. The fraction of sp³-hybridized carbons (Fsp3) is 0.273. The molecular weight excluding hydrogens is 176 g/mol. The number of terminal acetylenes is 1. The number of pyridine rings is 1. The molecule has 14 heavy (non-hydrogen) atoms. The van der Waals surface area contributed by atoms with Gasteiger partial charge in [-0.05, 0) is 19.1 Å². The molecule has 1 aromatic heterocycles. The maximum atomic E-state index is 10.7. The van der Waals surface area contributed by atoms with Crippen LogP contribution in [-0.2, 0) is 0 Å². The van der Waals surface area contributed by atoms with E-state index in [9.17, 15) is 4.79 Å². The van der Waals surface area contributed by atoms with Gasteiger partial charge in [0.2, 0.25) is 0 Å². The van der Waals surface area contributed by atoms with Crippen LogP contribution in [0.5, 0.6) is 0 Å². The zero-order valence-corrected chi connectivity index (χ0v) is 8.10. The van der Waals surface area contributed by atoms with E-state index >= 15 is 0 Å². The predicted octanol–water partition coefficient (Wildman–Crippen LogP) is 1.35. The Bertz CT molecular complexity index is 355. The van der Waals surface area contributed by atoms with Gasteiger partial charge in [0.1, 0.15) is 5.82 Å². The van der Waals surface area contributed by atoms with Crippen molar-refractivity contribution in [2.45, 2.75) is 6.92 Å². The average molecular weight is 188 g/mol. The molecule has 0 amide bonds. The summed E-state index contributed by atoms with van der Waals surface area (Å²) in [5.41, 5.74) is 0.574. The zero-order chi connectivity index (χ0) is 10.4. The number of nitrogens with zero attached hydrogens (tertiary/aromatic N) is 2. The SMILES string of the molecule is C#CCN(CC)c1ncccc1C=O. The quantitative estimate of drug-likeness (QED) is 0.528. The number of hydrogen-bond donors (Lipinski definition) is 0. The lowest BCUT2D eigenvalue weighted by Gasteiger charge is -2.19. The normalized spacial score (nSPS) is 9.14. The molecule has 0 aliphatic carbocycles. The van der Waals surface area contributed by atoms with Crippen molar-refractivity contribution in [3.05, 3.63) is 23.9 Å². The summed E-state index contributed by atoms with van der Waals surface area (Å²) in [6.07, 6.45) is 7.67. The standard InChI is InChI=1S/C11H12N2O/c1-3-8-13(4-2)11-10(9-14)6-5-7-12-11/h1,5-7,9H,4,8H2,2H3.